The highest BCUT2D eigenvalue weighted by molar-refractivity contribution is 5.95. The van der Waals surface area contributed by atoms with Crippen LogP contribution in [0.3, 0.4) is 0 Å². The van der Waals surface area contributed by atoms with Crippen molar-refractivity contribution >= 4 is 17.5 Å². The fourth-order valence-electron chi connectivity index (χ4n) is 2.69. The molecule has 6 heteroatoms. The first-order valence-corrected chi connectivity index (χ1v) is 9.18. The van der Waals surface area contributed by atoms with E-state index in [-0.39, 0.29) is 24.2 Å². The van der Waals surface area contributed by atoms with E-state index >= 15 is 0 Å². The summed E-state index contributed by atoms with van der Waals surface area (Å²) in [7, 11) is 0. The van der Waals surface area contributed by atoms with Gasteiger partial charge in [0.2, 0.25) is 5.91 Å². The molecule has 0 bridgehead atoms. The maximum atomic E-state index is 12.9. The summed E-state index contributed by atoms with van der Waals surface area (Å²) in [5.41, 5.74) is 3.30. The molecular weight excluding hydrogens is 345 g/mol. The fourth-order valence-corrected chi connectivity index (χ4v) is 2.69. The smallest absolute Gasteiger partial charge is 0.251 e. The second-order valence-corrected chi connectivity index (χ2v) is 6.86. The minimum Gasteiger partial charge on any atom is -0.376 e. The summed E-state index contributed by atoms with van der Waals surface area (Å²) in [6, 6.07) is 12.0. The van der Waals surface area contributed by atoms with Crippen LogP contribution in [0.4, 0.5) is 10.1 Å². The first-order chi connectivity index (χ1) is 13.0. The summed E-state index contributed by atoms with van der Waals surface area (Å²) in [6.45, 7) is 2.53. The molecule has 0 unspecified atom stereocenters. The van der Waals surface area contributed by atoms with Gasteiger partial charge in [-0.05, 0) is 61.6 Å². The Labute approximate surface area is 158 Å². The van der Waals surface area contributed by atoms with Crippen molar-refractivity contribution < 1.29 is 14.0 Å². The van der Waals surface area contributed by atoms with Gasteiger partial charge in [0.15, 0.2) is 0 Å². The molecule has 0 atom stereocenters. The molecule has 2 aromatic rings. The van der Waals surface area contributed by atoms with E-state index in [1.54, 1.807) is 24.3 Å². The van der Waals surface area contributed by atoms with E-state index in [0.717, 1.165) is 29.7 Å². The quantitative estimate of drug-likeness (QED) is 0.670. The van der Waals surface area contributed by atoms with E-state index < -0.39 is 0 Å². The lowest BCUT2D eigenvalue weighted by atomic mass is 10.1. The third-order valence-corrected chi connectivity index (χ3v) is 4.50. The number of rotatable bonds is 8. The average Bonchev–Trinajstić information content (AvgIpc) is 3.46. The molecule has 2 aromatic carbocycles. The first-order valence-electron chi connectivity index (χ1n) is 9.18. The molecule has 0 aliphatic heterocycles. The van der Waals surface area contributed by atoms with Crippen LogP contribution in [-0.4, -0.2) is 30.9 Å². The van der Waals surface area contributed by atoms with Gasteiger partial charge in [0.05, 0.1) is 6.54 Å². The van der Waals surface area contributed by atoms with Crippen LogP contribution in [0, 0.1) is 12.7 Å². The molecule has 5 nitrogen and oxygen atoms in total. The number of hydrogen-bond acceptors (Lipinski definition) is 3. The van der Waals surface area contributed by atoms with E-state index in [0.29, 0.717) is 24.6 Å². The van der Waals surface area contributed by atoms with Crippen LogP contribution in [0.2, 0.25) is 0 Å². The highest BCUT2D eigenvalue weighted by atomic mass is 19.1. The lowest BCUT2D eigenvalue weighted by molar-refractivity contribution is -0.119. The number of benzene rings is 2. The molecular formula is C21H24FN3O2. The standard InChI is InChI=1S/C21H24FN3O2/c1-14-2-5-16(21(27)25-18-8-9-18)12-19(14)24-13-20(26)23-11-10-15-3-6-17(22)7-4-15/h2-7,12,18,24H,8-11,13H2,1H3,(H,23,26)(H,25,27). The van der Waals surface area contributed by atoms with Crippen molar-refractivity contribution in [2.45, 2.75) is 32.2 Å². The summed E-state index contributed by atoms with van der Waals surface area (Å²) < 4.78 is 12.9. The molecule has 0 saturated heterocycles. The van der Waals surface area contributed by atoms with Gasteiger partial charge in [0.25, 0.3) is 5.91 Å². The van der Waals surface area contributed by atoms with Gasteiger partial charge in [0, 0.05) is 23.8 Å². The Kier molecular flexibility index (Phi) is 6.06. The van der Waals surface area contributed by atoms with E-state index in [9.17, 15) is 14.0 Å². The molecule has 0 aromatic heterocycles. The lowest BCUT2D eigenvalue weighted by Crippen LogP contribution is -2.31. The van der Waals surface area contributed by atoms with Crippen LogP contribution in [0.15, 0.2) is 42.5 Å². The molecule has 1 fully saturated rings. The summed E-state index contributed by atoms with van der Waals surface area (Å²) in [4.78, 5) is 24.2. The number of amides is 2. The lowest BCUT2D eigenvalue weighted by Gasteiger charge is -2.12. The average molecular weight is 369 g/mol. The third-order valence-electron chi connectivity index (χ3n) is 4.50. The van der Waals surface area contributed by atoms with Crippen molar-refractivity contribution in [1.82, 2.24) is 10.6 Å². The number of carbonyl (C=O) groups is 2. The topological polar surface area (TPSA) is 70.2 Å². The Morgan fingerprint density at radius 2 is 1.85 bits per heavy atom. The van der Waals surface area contributed by atoms with Crippen molar-refractivity contribution in [3.63, 3.8) is 0 Å². The molecule has 1 aliphatic carbocycles. The summed E-state index contributed by atoms with van der Waals surface area (Å²) in [5.74, 6) is -0.482. The molecule has 1 saturated carbocycles. The van der Waals surface area contributed by atoms with Gasteiger partial charge in [0.1, 0.15) is 5.82 Å². The van der Waals surface area contributed by atoms with Gasteiger partial charge in [-0.25, -0.2) is 4.39 Å². The van der Waals surface area contributed by atoms with Crippen molar-refractivity contribution in [1.29, 1.82) is 0 Å². The van der Waals surface area contributed by atoms with Crippen LogP contribution in [0.1, 0.15) is 34.3 Å². The second kappa shape index (κ2) is 8.66. The van der Waals surface area contributed by atoms with Crippen LogP contribution in [0.25, 0.3) is 0 Å². The highest BCUT2D eigenvalue weighted by Crippen LogP contribution is 2.21. The monoisotopic (exact) mass is 369 g/mol. The zero-order valence-electron chi connectivity index (χ0n) is 15.3. The molecule has 142 valence electrons. The second-order valence-electron chi connectivity index (χ2n) is 6.86. The molecule has 1 aliphatic rings. The number of anilines is 1. The van der Waals surface area contributed by atoms with Gasteiger partial charge in [-0.15, -0.1) is 0 Å². The SMILES string of the molecule is Cc1ccc(C(=O)NC2CC2)cc1NCC(=O)NCCc1ccc(F)cc1. The van der Waals surface area contributed by atoms with Crippen molar-refractivity contribution in [2.75, 3.05) is 18.4 Å². The summed E-state index contributed by atoms with van der Waals surface area (Å²) in [5, 5.41) is 8.88. The van der Waals surface area contributed by atoms with Crippen LogP contribution in [-0.2, 0) is 11.2 Å². The normalized spacial score (nSPS) is 13.1. The minimum absolute atomic E-state index is 0.0794. The van der Waals surface area contributed by atoms with Gasteiger partial charge in [-0.2, -0.15) is 0 Å². The molecule has 3 rings (SSSR count). The van der Waals surface area contributed by atoms with Crippen LogP contribution < -0.4 is 16.0 Å². The fraction of sp³-hybridized carbons (Fsp3) is 0.333. The van der Waals surface area contributed by atoms with Crippen LogP contribution >= 0.6 is 0 Å². The maximum absolute atomic E-state index is 12.9. The van der Waals surface area contributed by atoms with Crippen LogP contribution in [0.5, 0.6) is 0 Å². The predicted molar refractivity (Wildman–Crippen MR) is 103 cm³/mol. The Hall–Kier alpha value is -2.89. The first kappa shape index (κ1) is 18.9. The molecule has 0 spiro atoms. The van der Waals surface area contributed by atoms with Gasteiger partial charge >= 0.3 is 0 Å². The zero-order chi connectivity index (χ0) is 19.2. The Morgan fingerprint density at radius 3 is 2.56 bits per heavy atom. The Morgan fingerprint density at radius 1 is 1.11 bits per heavy atom. The Bertz CT molecular complexity index is 817. The van der Waals surface area contributed by atoms with E-state index in [1.165, 1.54) is 12.1 Å². The van der Waals surface area contributed by atoms with Gasteiger partial charge in [-0.1, -0.05) is 18.2 Å². The molecule has 27 heavy (non-hydrogen) atoms. The van der Waals surface area contributed by atoms with E-state index in [2.05, 4.69) is 16.0 Å². The number of hydrogen-bond donors (Lipinski definition) is 3. The minimum atomic E-state index is -0.268. The summed E-state index contributed by atoms with van der Waals surface area (Å²) >= 11 is 0. The number of aryl methyl sites for hydroxylation is 1. The van der Waals surface area contributed by atoms with E-state index in [1.807, 2.05) is 13.0 Å². The van der Waals surface area contributed by atoms with Gasteiger partial charge < -0.3 is 16.0 Å². The number of halogens is 1. The van der Waals surface area contributed by atoms with Crippen molar-refractivity contribution in [2.24, 2.45) is 0 Å². The Balaban J connectivity index is 1.46. The predicted octanol–water partition coefficient (Wildman–Crippen LogP) is 2.80. The molecule has 3 N–H and O–H groups in total. The highest BCUT2D eigenvalue weighted by Gasteiger charge is 2.23. The molecule has 0 radical (unpaired) electrons. The van der Waals surface area contributed by atoms with Gasteiger partial charge in [-0.3, -0.25) is 9.59 Å². The number of carbonyl (C=O) groups excluding carboxylic acids is 2. The zero-order valence-corrected chi connectivity index (χ0v) is 15.3. The maximum Gasteiger partial charge on any atom is 0.251 e. The third kappa shape index (κ3) is 5.81. The summed E-state index contributed by atoms with van der Waals surface area (Å²) in [6.07, 6.45) is 2.73. The number of nitrogens with one attached hydrogen (secondary N) is 3. The molecule has 0 heterocycles. The van der Waals surface area contributed by atoms with Crippen molar-refractivity contribution in [3.05, 3.63) is 65.0 Å². The molecule has 2 amide bonds. The van der Waals surface area contributed by atoms with Crippen molar-refractivity contribution in [3.8, 4) is 0 Å². The largest absolute Gasteiger partial charge is 0.376 e. The van der Waals surface area contributed by atoms with E-state index in [4.69, 9.17) is 0 Å².